The molecular weight excluding hydrogens is 402 g/mol. The molecule has 5 nitrogen and oxygen atoms in total. The molecule has 1 aromatic rings. The summed E-state index contributed by atoms with van der Waals surface area (Å²) in [5.41, 5.74) is -3.02. The Labute approximate surface area is 162 Å². The zero-order chi connectivity index (χ0) is 21.0. The first-order valence-corrected chi connectivity index (χ1v) is 10.7. The largest absolute Gasteiger partial charge is 0.478 e. The maximum Gasteiger partial charge on any atom is 0.419 e. The predicted molar refractivity (Wildman–Crippen MR) is 96.9 cm³/mol. The molecule has 158 valence electrons. The summed E-state index contributed by atoms with van der Waals surface area (Å²) >= 11 is 0. The van der Waals surface area contributed by atoms with Gasteiger partial charge in [0.05, 0.1) is 5.56 Å². The van der Waals surface area contributed by atoms with Crippen LogP contribution in [0, 0.1) is 11.2 Å². The van der Waals surface area contributed by atoms with E-state index in [2.05, 4.69) is 0 Å². The van der Waals surface area contributed by atoms with Gasteiger partial charge >= 0.3 is 6.18 Å². The molecule has 2 N–H and O–H groups in total. The summed E-state index contributed by atoms with van der Waals surface area (Å²) in [4.78, 5) is 14.4. The predicted octanol–water partition coefficient (Wildman–Crippen LogP) is 4.37. The fourth-order valence-corrected chi connectivity index (χ4v) is 6.37. The van der Waals surface area contributed by atoms with Crippen LogP contribution in [-0.4, -0.2) is 50.1 Å². The van der Waals surface area contributed by atoms with Crippen molar-refractivity contribution >= 4 is 16.5 Å². The number of benzene rings is 1. The number of amides is 1. The summed E-state index contributed by atoms with van der Waals surface area (Å²) in [7, 11) is -2.47. The minimum Gasteiger partial charge on any atom is -0.478 e. The lowest BCUT2D eigenvalue weighted by molar-refractivity contribution is -0.147. The number of nitrogens with zero attached hydrogens (tertiary/aromatic N) is 1. The van der Waals surface area contributed by atoms with Gasteiger partial charge in [0.2, 0.25) is 0 Å². The molecule has 0 bridgehead atoms. The lowest BCUT2D eigenvalue weighted by Gasteiger charge is -2.58. The Bertz CT molecular complexity index is 763. The number of carbonyl (C=O) groups excluding carboxylic acids is 1. The van der Waals surface area contributed by atoms with E-state index in [1.54, 1.807) is 4.90 Å². The van der Waals surface area contributed by atoms with Crippen molar-refractivity contribution in [3.05, 3.63) is 29.6 Å². The molecule has 0 atom stereocenters. The Hall–Kier alpha value is -1.52. The first kappa shape index (κ1) is 21.2. The molecule has 2 aliphatic heterocycles. The number of hydrogen-bond donors (Lipinski definition) is 2. The summed E-state index contributed by atoms with van der Waals surface area (Å²) in [6.45, 7) is 3.74. The number of likely N-dealkylation sites (tertiary alicyclic amines) is 1. The van der Waals surface area contributed by atoms with Crippen LogP contribution in [0.15, 0.2) is 18.2 Å². The zero-order valence-electron chi connectivity index (χ0n) is 15.6. The molecule has 2 aliphatic rings. The third-order valence-corrected chi connectivity index (χ3v) is 7.47. The minimum atomic E-state index is -4.86. The van der Waals surface area contributed by atoms with Crippen LogP contribution < -0.4 is 4.74 Å². The van der Waals surface area contributed by atoms with Gasteiger partial charge in [-0.1, -0.05) is 0 Å². The molecule has 0 saturated carbocycles. The van der Waals surface area contributed by atoms with Crippen LogP contribution in [0.25, 0.3) is 0 Å². The first-order chi connectivity index (χ1) is 12.7. The molecule has 2 saturated heterocycles. The Kier molecular flexibility index (Phi) is 5.13. The second-order valence-corrected chi connectivity index (χ2v) is 10.3. The standard InChI is InChI=1S/C18H23F4NO4S/c1-16(2,27-12-3-4-14(19)13(9-12)18(20,21)22)15(24)23-7-5-17(6-8-23)10-28(25,26)11-17/h3-4,9,25-26H,5-8,10-11H2,1-2H3. The molecule has 28 heavy (non-hydrogen) atoms. The Balaban J connectivity index is 1.66. The normalized spacial score (nSPS) is 22.5. The molecule has 0 aromatic heterocycles. The lowest BCUT2D eigenvalue weighted by atomic mass is 9.81. The molecule has 2 heterocycles. The average molecular weight is 425 g/mol. The van der Waals surface area contributed by atoms with E-state index in [0.717, 1.165) is 6.07 Å². The average Bonchev–Trinajstić information content (AvgIpc) is 2.53. The van der Waals surface area contributed by atoms with E-state index in [4.69, 9.17) is 4.74 Å². The van der Waals surface area contributed by atoms with Crippen LogP contribution in [0.1, 0.15) is 32.3 Å². The lowest BCUT2D eigenvalue weighted by Crippen LogP contribution is -2.57. The van der Waals surface area contributed by atoms with Crippen molar-refractivity contribution in [2.75, 3.05) is 24.6 Å². The fourth-order valence-electron chi connectivity index (χ4n) is 3.92. The van der Waals surface area contributed by atoms with Crippen molar-refractivity contribution in [1.82, 2.24) is 4.90 Å². The highest BCUT2D eigenvalue weighted by molar-refractivity contribution is 8.25. The van der Waals surface area contributed by atoms with Gasteiger partial charge in [0.15, 0.2) is 5.60 Å². The monoisotopic (exact) mass is 425 g/mol. The van der Waals surface area contributed by atoms with E-state index in [9.17, 15) is 31.5 Å². The molecule has 0 unspecified atom stereocenters. The number of hydrogen-bond acceptors (Lipinski definition) is 4. The van der Waals surface area contributed by atoms with E-state index < -0.39 is 33.7 Å². The van der Waals surface area contributed by atoms with Gasteiger partial charge in [0.25, 0.3) is 5.91 Å². The van der Waals surface area contributed by atoms with Crippen LogP contribution in [0.2, 0.25) is 0 Å². The molecule has 0 aliphatic carbocycles. The van der Waals surface area contributed by atoms with Gasteiger partial charge in [-0.2, -0.15) is 23.8 Å². The third-order valence-electron chi connectivity index (χ3n) is 5.32. The topological polar surface area (TPSA) is 70.0 Å². The molecule has 1 amide bonds. The SMILES string of the molecule is CC(C)(Oc1ccc(F)c(C(F)(F)F)c1)C(=O)N1CCC2(CC1)CS(O)(O)C2. The van der Waals surface area contributed by atoms with Crippen LogP contribution >= 0.6 is 10.6 Å². The number of ether oxygens (including phenoxy) is 1. The first-order valence-electron chi connectivity index (χ1n) is 8.82. The van der Waals surface area contributed by atoms with E-state index in [-0.39, 0.29) is 17.1 Å². The Morgan fingerprint density at radius 1 is 1.18 bits per heavy atom. The van der Waals surface area contributed by atoms with E-state index in [1.165, 1.54) is 13.8 Å². The summed E-state index contributed by atoms with van der Waals surface area (Å²) in [5.74, 6) is -1.31. The summed E-state index contributed by atoms with van der Waals surface area (Å²) in [6.07, 6.45) is -3.59. The second kappa shape index (κ2) is 6.77. The Morgan fingerprint density at radius 2 is 1.75 bits per heavy atom. The number of halogens is 4. The highest BCUT2D eigenvalue weighted by Gasteiger charge is 2.50. The van der Waals surface area contributed by atoms with Crippen molar-refractivity contribution in [3.8, 4) is 5.75 Å². The number of carbonyl (C=O) groups is 1. The van der Waals surface area contributed by atoms with Crippen molar-refractivity contribution in [1.29, 1.82) is 0 Å². The number of piperidine rings is 1. The molecule has 1 aromatic carbocycles. The second-order valence-electron chi connectivity index (χ2n) is 8.13. The molecule has 0 radical (unpaired) electrons. The van der Waals surface area contributed by atoms with Crippen LogP contribution in [-0.2, 0) is 11.0 Å². The van der Waals surface area contributed by atoms with Crippen molar-refractivity contribution < 1.29 is 36.2 Å². The molecule has 3 rings (SSSR count). The van der Waals surface area contributed by atoms with Crippen LogP contribution in [0.5, 0.6) is 5.75 Å². The van der Waals surface area contributed by atoms with Crippen molar-refractivity contribution in [2.45, 2.75) is 38.5 Å². The summed E-state index contributed by atoms with van der Waals surface area (Å²) in [5, 5.41) is 0. The van der Waals surface area contributed by atoms with Crippen molar-refractivity contribution in [2.24, 2.45) is 5.41 Å². The summed E-state index contributed by atoms with van der Waals surface area (Å²) in [6, 6.07) is 2.27. The van der Waals surface area contributed by atoms with Gasteiger partial charge in [-0.25, -0.2) is 4.39 Å². The maximum absolute atomic E-state index is 13.4. The molecule has 1 spiro atoms. The number of alkyl halides is 3. The van der Waals surface area contributed by atoms with Gasteiger partial charge in [-0.3, -0.25) is 13.9 Å². The minimum absolute atomic E-state index is 0.140. The highest BCUT2D eigenvalue weighted by Crippen LogP contribution is 2.62. The smallest absolute Gasteiger partial charge is 0.419 e. The van der Waals surface area contributed by atoms with Gasteiger partial charge in [0, 0.05) is 30.0 Å². The highest BCUT2D eigenvalue weighted by atomic mass is 32.3. The van der Waals surface area contributed by atoms with E-state index in [0.29, 0.717) is 49.6 Å². The zero-order valence-corrected chi connectivity index (χ0v) is 16.4. The molecule has 10 heteroatoms. The van der Waals surface area contributed by atoms with Gasteiger partial charge in [-0.05, 0) is 44.9 Å². The van der Waals surface area contributed by atoms with Gasteiger partial charge in [0.1, 0.15) is 11.6 Å². The van der Waals surface area contributed by atoms with Crippen LogP contribution in [0.3, 0.4) is 0 Å². The van der Waals surface area contributed by atoms with Gasteiger partial charge < -0.3 is 9.64 Å². The van der Waals surface area contributed by atoms with E-state index >= 15 is 0 Å². The molecular formula is C18H23F4NO4S. The fraction of sp³-hybridized carbons (Fsp3) is 0.611. The molecule has 2 fully saturated rings. The Morgan fingerprint density at radius 3 is 2.25 bits per heavy atom. The quantitative estimate of drug-likeness (QED) is 0.706. The van der Waals surface area contributed by atoms with Gasteiger partial charge in [-0.15, -0.1) is 0 Å². The number of rotatable bonds is 3. The van der Waals surface area contributed by atoms with Crippen molar-refractivity contribution in [3.63, 3.8) is 0 Å². The van der Waals surface area contributed by atoms with E-state index in [1.807, 2.05) is 0 Å². The summed E-state index contributed by atoms with van der Waals surface area (Å²) < 4.78 is 76.8. The maximum atomic E-state index is 13.4. The third kappa shape index (κ3) is 4.23. The van der Waals surface area contributed by atoms with Crippen LogP contribution in [0.4, 0.5) is 17.6 Å².